The first-order valence-corrected chi connectivity index (χ1v) is 13.6. The number of likely N-dealkylation sites (N-methyl/N-ethyl adjacent to an activating group) is 1. The molecule has 0 radical (unpaired) electrons. The first-order valence-electron chi connectivity index (χ1n) is 13.6. The second-order valence-electron chi connectivity index (χ2n) is 11.7. The third kappa shape index (κ3) is 6.42. The maximum atomic E-state index is 12.8. The van der Waals surface area contributed by atoms with Crippen LogP contribution in [0.3, 0.4) is 0 Å². The molecule has 2 saturated heterocycles. The number of benzene rings is 1. The van der Waals surface area contributed by atoms with Crippen molar-refractivity contribution >= 4 is 5.97 Å². The molecule has 4 rings (SSSR count). The number of nitrogens with zero attached hydrogens (tertiary/aromatic N) is 1. The first-order chi connectivity index (χ1) is 17.2. The lowest BCUT2D eigenvalue weighted by Crippen LogP contribution is -2.55. The molecular formula is C29H45NO6. The van der Waals surface area contributed by atoms with Crippen LogP contribution < -0.4 is 4.74 Å². The lowest BCUT2D eigenvalue weighted by atomic mass is 9.68. The van der Waals surface area contributed by atoms with E-state index in [1.165, 1.54) is 0 Å². The monoisotopic (exact) mass is 503 g/mol. The predicted octanol–water partition coefficient (Wildman–Crippen LogP) is 4.26. The highest BCUT2D eigenvalue weighted by atomic mass is 16.6. The lowest BCUT2D eigenvalue weighted by Gasteiger charge is -2.42. The van der Waals surface area contributed by atoms with E-state index in [0.717, 1.165) is 50.1 Å². The van der Waals surface area contributed by atoms with Crippen molar-refractivity contribution in [3.63, 3.8) is 0 Å². The molecule has 7 heteroatoms. The van der Waals surface area contributed by atoms with Gasteiger partial charge in [-0.05, 0) is 76.7 Å². The summed E-state index contributed by atoms with van der Waals surface area (Å²) in [6, 6.07) is 7.96. The smallest absolute Gasteiger partial charge is 0.306 e. The summed E-state index contributed by atoms with van der Waals surface area (Å²) in [5.74, 6) is 1.38. The van der Waals surface area contributed by atoms with E-state index in [2.05, 4.69) is 25.7 Å². The second-order valence-corrected chi connectivity index (χ2v) is 11.7. The minimum atomic E-state index is -0.284. The zero-order valence-corrected chi connectivity index (χ0v) is 23.0. The molecule has 1 saturated carbocycles. The fraction of sp³-hybridized carbons (Fsp3) is 0.759. The molecule has 1 spiro atoms. The lowest BCUT2D eigenvalue weighted by molar-refractivity contribution is -0.171. The number of rotatable bonds is 13. The second kappa shape index (κ2) is 11.4. The molecule has 1 aromatic rings. The van der Waals surface area contributed by atoms with Crippen LogP contribution in [0.15, 0.2) is 24.3 Å². The molecule has 202 valence electrons. The number of aryl methyl sites for hydroxylation is 1. The molecule has 3 fully saturated rings. The molecule has 2 heterocycles. The van der Waals surface area contributed by atoms with Gasteiger partial charge in [0.05, 0.1) is 18.6 Å². The molecule has 1 aromatic carbocycles. The molecule has 3 aliphatic rings. The maximum absolute atomic E-state index is 12.8. The summed E-state index contributed by atoms with van der Waals surface area (Å²) >= 11 is 0. The van der Waals surface area contributed by atoms with E-state index in [0.29, 0.717) is 25.4 Å². The summed E-state index contributed by atoms with van der Waals surface area (Å²) in [5.41, 5.74) is 0.614. The Hall–Kier alpha value is -1.67. The van der Waals surface area contributed by atoms with Gasteiger partial charge in [0.15, 0.2) is 0 Å². The van der Waals surface area contributed by atoms with Crippen LogP contribution in [0.2, 0.25) is 0 Å². The van der Waals surface area contributed by atoms with Gasteiger partial charge in [-0.1, -0.05) is 26.0 Å². The average Bonchev–Trinajstić information content (AvgIpc) is 3.75. The largest absolute Gasteiger partial charge is 0.492 e. The van der Waals surface area contributed by atoms with Gasteiger partial charge >= 0.3 is 5.97 Å². The van der Waals surface area contributed by atoms with E-state index in [1.54, 1.807) is 7.11 Å². The Labute approximate surface area is 216 Å². The summed E-state index contributed by atoms with van der Waals surface area (Å²) in [4.78, 5) is 14.9. The zero-order chi connectivity index (χ0) is 25.9. The highest BCUT2D eigenvalue weighted by Gasteiger charge is 2.72. The van der Waals surface area contributed by atoms with Crippen molar-refractivity contribution in [1.29, 1.82) is 0 Å². The Kier molecular flexibility index (Phi) is 8.65. The van der Waals surface area contributed by atoms with Crippen molar-refractivity contribution in [3.05, 3.63) is 29.8 Å². The van der Waals surface area contributed by atoms with Crippen LogP contribution in [-0.4, -0.2) is 81.3 Å². The van der Waals surface area contributed by atoms with Gasteiger partial charge < -0.3 is 28.6 Å². The molecule has 0 aromatic heterocycles. The number of esters is 1. The van der Waals surface area contributed by atoms with E-state index in [9.17, 15) is 4.79 Å². The molecule has 0 N–H and O–H groups in total. The summed E-state index contributed by atoms with van der Waals surface area (Å²) in [7, 11) is 5.77. The highest BCUT2D eigenvalue weighted by molar-refractivity contribution is 5.70. The molecule has 7 nitrogen and oxygen atoms in total. The predicted molar refractivity (Wildman–Crippen MR) is 138 cm³/mol. The molecule has 2 unspecified atom stereocenters. The van der Waals surface area contributed by atoms with E-state index in [4.69, 9.17) is 23.7 Å². The third-order valence-corrected chi connectivity index (χ3v) is 8.13. The van der Waals surface area contributed by atoms with E-state index in [1.807, 2.05) is 38.4 Å². The third-order valence-electron chi connectivity index (χ3n) is 8.13. The molecular weight excluding hydrogens is 458 g/mol. The van der Waals surface area contributed by atoms with Crippen molar-refractivity contribution in [2.75, 3.05) is 41.0 Å². The van der Waals surface area contributed by atoms with Crippen molar-refractivity contribution in [3.8, 4) is 5.75 Å². The van der Waals surface area contributed by atoms with Crippen molar-refractivity contribution < 1.29 is 28.5 Å². The van der Waals surface area contributed by atoms with Gasteiger partial charge in [0.2, 0.25) is 0 Å². The number of carbonyl (C=O) groups is 1. The zero-order valence-electron chi connectivity index (χ0n) is 23.0. The molecule has 0 bridgehead atoms. The quantitative estimate of drug-likeness (QED) is 0.294. The normalized spacial score (nSPS) is 33.2. The topological polar surface area (TPSA) is 73.1 Å². The Morgan fingerprint density at radius 1 is 1.22 bits per heavy atom. The Bertz CT molecular complexity index is 867. The SMILES string of the molecule is CO[C@@H]1C(OC(=O)CCc2ccc(OCCN(C)C)cc2)CC[C@]2(CO2)C1[C@@]1(C)O[C@@H]1CCC(C)C. The minimum absolute atomic E-state index is 0.0683. The summed E-state index contributed by atoms with van der Waals surface area (Å²) < 4.78 is 30.1. The van der Waals surface area contributed by atoms with Crippen LogP contribution in [-0.2, 0) is 30.2 Å². The van der Waals surface area contributed by atoms with Gasteiger partial charge in [-0.3, -0.25) is 4.79 Å². The van der Waals surface area contributed by atoms with Crippen LogP contribution in [0.5, 0.6) is 5.75 Å². The highest BCUT2D eigenvalue weighted by Crippen LogP contribution is 2.59. The maximum Gasteiger partial charge on any atom is 0.306 e. The van der Waals surface area contributed by atoms with E-state index < -0.39 is 0 Å². The fourth-order valence-electron chi connectivity index (χ4n) is 5.85. The van der Waals surface area contributed by atoms with E-state index >= 15 is 0 Å². The van der Waals surface area contributed by atoms with Crippen LogP contribution in [0.25, 0.3) is 0 Å². The fourth-order valence-corrected chi connectivity index (χ4v) is 5.85. The Morgan fingerprint density at radius 3 is 2.56 bits per heavy atom. The molecule has 0 amide bonds. The average molecular weight is 504 g/mol. The van der Waals surface area contributed by atoms with Crippen LogP contribution in [0, 0.1) is 11.8 Å². The number of carbonyl (C=O) groups excluding carboxylic acids is 1. The van der Waals surface area contributed by atoms with Crippen LogP contribution in [0.1, 0.15) is 58.4 Å². The van der Waals surface area contributed by atoms with Crippen LogP contribution >= 0.6 is 0 Å². The van der Waals surface area contributed by atoms with Gasteiger partial charge in [0.25, 0.3) is 0 Å². The number of hydrogen-bond acceptors (Lipinski definition) is 7. The number of epoxide rings is 2. The summed E-state index contributed by atoms with van der Waals surface area (Å²) in [6.07, 6.45) is 4.50. The molecule has 6 atom stereocenters. The van der Waals surface area contributed by atoms with E-state index in [-0.39, 0.29) is 41.4 Å². The van der Waals surface area contributed by atoms with Crippen molar-refractivity contribution in [2.24, 2.45) is 11.8 Å². The van der Waals surface area contributed by atoms with Gasteiger partial charge in [0.1, 0.15) is 35.8 Å². The number of hydrogen-bond donors (Lipinski definition) is 0. The van der Waals surface area contributed by atoms with Crippen molar-refractivity contribution in [1.82, 2.24) is 4.90 Å². The molecule has 36 heavy (non-hydrogen) atoms. The number of methoxy groups -OCH3 is 1. The summed E-state index contributed by atoms with van der Waals surface area (Å²) in [6.45, 7) is 8.94. The minimum Gasteiger partial charge on any atom is -0.492 e. The van der Waals surface area contributed by atoms with Gasteiger partial charge in [-0.25, -0.2) is 0 Å². The van der Waals surface area contributed by atoms with Gasteiger partial charge in [-0.15, -0.1) is 0 Å². The Morgan fingerprint density at radius 2 is 1.94 bits per heavy atom. The molecule has 2 aliphatic heterocycles. The van der Waals surface area contributed by atoms with Gasteiger partial charge in [-0.2, -0.15) is 0 Å². The van der Waals surface area contributed by atoms with Gasteiger partial charge in [0, 0.05) is 20.1 Å². The number of ether oxygens (including phenoxy) is 5. The van der Waals surface area contributed by atoms with Crippen LogP contribution in [0.4, 0.5) is 0 Å². The summed E-state index contributed by atoms with van der Waals surface area (Å²) in [5, 5.41) is 0. The Balaban J connectivity index is 1.30. The first kappa shape index (κ1) is 27.4. The molecule has 1 aliphatic carbocycles. The standard InChI is InChI=1S/C29H45NO6/c1-20(2)7-13-24-28(3,36-24)27-26(32-6)23(15-16-29(27)19-34-29)35-25(31)14-10-21-8-11-22(12-9-21)33-18-17-30(4)5/h8-9,11-12,20,23-24,26-27H,7,10,13-19H2,1-6H3/t23?,24-,26-,27?,28+,29+/m1/s1. The van der Waals surface area contributed by atoms with Crippen molar-refractivity contribution in [2.45, 2.75) is 88.8 Å².